The van der Waals surface area contributed by atoms with Crippen LogP contribution in [0.2, 0.25) is 5.02 Å². The number of benzene rings is 2. The minimum Gasteiger partial charge on any atom is -0.493 e. The highest BCUT2D eigenvalue weighted by molar-refractivity contribution is 7.89. The molecule has 33 heavy (non-hydrogen) atoms. The summed E-state index contributed by atoms with van der Waals surface area (Å²) in [5.41, 5.74) is 0.560. The molecule has 3 rings (SSSR count). The van der Waals surface area contributed by atoms with Crippen LogP contribution in [0.1, 0.15) is 37.0 Å². The van der Waals surface area contributed by atoms with Gasteiger partial charge in [0.1, 0.15) is 5.75 Å². The fraction of sp³-hybridized carbons (Fsp3) is 0.318. The van der Waals surface area contributed by atoms with Crippen LogP contribution >= 0.6 is 11.6 Å². The summed E-state index contributed by atoms with van der Waals surface area (Å²) in [5.74, 6) is 0.136. The Morgan fingerprint density at radius 2 is 1.85 bits per heavy atom. The van der Waals surface area contributed by atoms with Gasteiger partial charge in [0.15, 0.2) is 6.61 Å². The van der Waals surface area contributed by atoms with Gasteiger partial charge in [-0.25, -0.2) is 13.2 Å². The first-order chi connectivity index (χ1) is 15.8. The first-order valence-corrected chi connectivity index (χ1v) is 12.1. The molecule has 0 amide bonds. The van der Waals surface area contributed by atoms with Gasteiger partial charge in [0, 0.05) is 13.1 Å². The van der Waals surface area contributed by atoms with Gasteiger partial charge in [-0.05, 0) is 37.3 Å². The molecule has 0 radical (unpaired) electrons. The predicted molar refractivity (Wildman–Crippen MR) is 122 cm³/mol. The number of para-hydroxylation sites is 1. The molecule has 11 heteroatoms. The highest BCUT2D eigenvalue weighted by atomic mass is 35.5. The number of sulfonamides is 1. The molecule has 3 aromatic rings. The van der Waals surface area contributed by atoms with Crippen molar-refractivity contribution in [3.63, 3.8) is 0 Å². The first-order valence-electron chi connectivity index (χ1n) is 10.3. The molecule has 0 aliphatic heterocycles. The van der Waals surface area contributed by atoms with E-state index >= 15 is 0 Å². The molecule has 0 atom stereocenters. The van der Waals surface area contributed by atoms with Gasteiger partial charge in [-0.2, -0.15) is 9.29 Å². The molecule has 0 spiro atoms. The van der Waals surface area contributed by atoms with E-state index in [1.54, 1.807) is 26.0 Å². The number of hydrogen-bond donors (Lipinski definition) is 0. The molecule has 0 saturated carbocycles. The van der Waals surface area contributed by atoms with Crippen LogP contribution in [-0.2, 0) is 21.4 Å². The number of nitrogens with zero attached hydrogens (tertiary/aromatic N) is 3. The Hall–Kier alpha value is -2.95. The largest absolute Gasteiger partial charge is 0.493 e. The van der Waals surface area contributed by atoms with E-state index in [9.17, 15) is 13.2 Å². The van der Waals surface area contributed by atoms with Crippen molar-refractivity contribution in [2.24, 2.45) is 0 Å². The third kappa shape index (κ3) is 5.52. The van der Waals surface area contributed by atoms with Gasteiger partial charge in [0.25, 0.3) is 5.89 Å². The van der Waals surface area contributed by atoms with E-state index in [0.29, 0.717) is 31.0 Å². The zero-order valence-corrected chi connectivity index (χ0v) is 20.0. The Balaban J connectivity index is 1.76. The summed E-state index contributed by atoms with van der Waals surface area (Å²) < 4.78 is 42.8. The molecule has 0 aliphatic carbocycles. The third-order valence-electron chi connectivity index (χ3n) is 4.72. The molecular formula is C22H24ClN3O6S. The SMILES string of the molecule is CCOc1ccccc1-c1noc(COC(=O)c2cc(S(=O)(=O)N(CC)CC)ccc2Cl)n1. The van der Waals surface area contributed by atoms with Crippen molar-refractivity contribution < 1.29 is 27.2 Å². The van der Waals surface area contributed by atoms with E-state index in [2.05, 4.69) is 10.1 Å². The Kier molecular flexibility index (Phi) is 8.06. The number of carbonyl (C=O) groups excluding carboxylic acids is 1. The number of ether oxygens (including phenoxy) is 2. The molecule has 0 unspecified atom stereocenters. The van der Waals surface area contributed by atoms with Gasteiger partial charge in [-0.3, -0.25) is 0 Å². The number of rotatable bonds is 10. The predicted octanol–water partition coefficient (Wildman–Crippen LogP) is 4.18. The van der Waals surface area contributed by atoms with Gasteiger partial charge in [0.2, 0.25) is 15.8 Å². The van der Waals surface area contributed by atoms with E-state index in [1.807, 2.05) is 19.1 Å². The van der Waals surface area contributed by atoms with E-state index in [1.165, 1.54) is 22.5 Å². The van der Waals surface area contributed by atoms with Crippen molar-refractivity contribution in [1.29, 1.82) is 0 Å². The van der Waals surface area contributed by atoms with Crippen molar-refractivity contribution >= 4 is 27.6 Å². The summed E-state index contributed by atoms with van der Waals surface area (Å²) in [6.07, 6.45) is 0. The lowest BCUT2D eigenvalue weighted by atomic mass is 10.2. The highest BCUT2D eigenvalue weighted by Crippen LogP contribution is 2.28. The normalized spacial score (nSPS) is 11.5. The van der Waals surface area contributed by atoms with Crippen molar-refractivity contribution in [3.8, 4) is 17.1 Å². The maximum Gasteiger partial charge on any atom is 0.340 e. The van der Waals surface area contributed by atoms with Gasteiger partial charge in [-0.15, -0.1) is 0 Å². The number of carbonyl (C=O) groups is 1. The minimum atomic E-state index is -3.76. The summed E-state index contributed by atoms with van der Waals surface area (Å²) in [6, 6.07) is 11.1. The summed E-state index contributed by atoms with van der Waals surface area (Å²) in [6.45, 7) is 6.09. The fourth-order valence-corrected chi connectivity index (χ4v) is 4.77. The maximum absolute atomic E-state index is 12.8. The minimum absolute atomic E-state index is 0.0462. The Morgan fingerprint density at radius 3 is 2.55 bits per heavy atom. The number of esters is 1. The molecule has 2 aromatic carbocycles. The lowest BCUT2D eigenvalue weighted by Crippen LogP contribution is -2.30. The highest BCUT2D eigenvalue weighted by Gasteiger charge is 2.24. The fourth-order valence-electron chi connectivity index (χ4n) is 3.09. The zero-order chi connectivity index (χ0) is 24.0. The van der Waals surface area contributed by atoms with Crippen LogP contribution in [0, 0.1) is 0 Å². The average Bonchev–Trinajstić information content (AvgIpc) is 3.28. The Labute approximate surface area is 197 Å². The van der Waals surface area contributed by atoms with Gasteiger partial charge in [0.05, 0.1) is 27.7 Å². The van der Waals surface area contributed by atoms with Crippen LogP contribution in [0.15, 0.2) is 51.9 Å². The molecule has 0 bridgehead atoms. The van der Waals surface area contributed by atoms with Crippen LogP contribution in [0.5, 0.6) is 5.75 Å². The number of halogens is 1. The summed E-state index contributed by atoms with van der Waals surface area (Å²) in [7, 11) is -3.76. The summed E-state index contributed by atoms with van der Waals surface area (Å²) in [5, 5.41) is 3.98. The third-order valence-corrected chi connectivity index (χ3v) is 7.10. The van der Waals surface area contributed by atoms with Crippen LogP contribution in [-0.4, -0.2) is 48.5 Å². The molecule has 0 N–H and O–H groups in total. The van der Waals surface area contributed by atoms with Gasteiger partial charge < -0.3 is 14.0 Å². The van der Waals surface area contributed by atoms with Crippen molar-refractivity contribution in [2.75, 3.05) is 19.7 Å². The molecule has 176 valence electrons. The van der Waals surface area contributed by atoms with Crippen LogP contribution in [0.3, 0.4) is 0 Å². The first kappa shape index (κ1) is 24.7. The van der Waals surface area contributed by atoms with Gasteiger partial charge in [-0.1, -0.05) is 42.7 Å². The summed E-state index contributed by atoms with van der Waals surface area (Å²) >= 11 is 6.13. The van der Waals surface area contributed by atoms with Crippen LogP contribution in [0.25, 0.3) is 11.4 Å². The van der Waals surface area contributed by atoms with Crippen LogP contribution in [0.4, 0.5) is 0 Å². The molecule has 0 saturated heterocycles. The molecule has 0 fully saturated rings. The zero-order valence-electron chi connectivity index (χ0n) is 18.4. The smallest absolute Gasteiger partial charge is 0.340 e. The van der Waals surface area contributed by atoms with Crippen molar-refractivity contribution in [1.82, 2.24) is 14.4 Å². The van der Waals surface area contributed by atoms with Crippen molar-refractivity contribution in [3.05, 3.63) is 58.9 Å². The molecule has 9 nitrogen and oxygen atoms in total. The standard InChI is InChI=1S/C22H24ClN3O6S/c1-4-26(5-2)33(28,29)15-11-12-18(23)17(13-15)22(27)31-14-20-24-21(25-32-20)16-9-7-8-10-19(16)30-6-3/h7-13H,4-6,14H2,1-3H3. The average molecular weight is 494 g/mol. The van der Waals surface area contributed by atoms with Crippen LogP contribution < -0.4 is 4.74 Å². The second-order valence-corrected chi connectivity index (χ2v) is 9.09. The van der Waals surface area contributed by atoms with E-state index in [-0.39, 0.29) is 33.8 Å². The Bertz CT molecular complexity index is 1220. The molecular weight excluding hydrogens is 470 g/mol. The number of aromatic nitrogens is 2. The molecule has 0 aliphatic rings. The molecule has 1 heterocycles. The summed E-state index contributed by atoms with van der Waals surface area (Å²) in [4.78, 5) is 16.8. The lowest BCUT2D eigenvalue weighted by molar-refractivity contribution is 0.0429. The van der Waals surface area contributed by atoms with E-state index in [4.69, 9.17) is 25.6 Å². The number of hydrogen-bond acceptors (Lipinski definition) is 8. The van der Waals surface area contributed by atoms with E-state index in [0.717, 1.165) is 0 Å². The second kappa shape index (κ2) is 10.8. The van der Waals surface area contributed by atoms with Crippen molar-refractivity contribution in [2.45, 2.75) is 32.3 Å². The maximum atomic E-state index is 12.8. The molecule has 1 aromatic heterocycles. The van der Waals surface area contributed by atoms with E-state index < -0.39 is 16.0 Å². The van der Waals surface area contributed by atoms with Gasteiger partial charge >= 0.3 is 5.97 Å². The quantitative estimate of drug-likeness (QED) is 0.387. The lowest BCUT2D eigenvalue weighted by Gasteiger charge is -2.18. The Morgan fingerprint density at radius 1 is 1.12 bits per heavy atom. The second-order valence-electron chi connectivity index (χ2n) is 6.75. The topological polar surface area (TPSA) is 112 Å². The monoisotopic (exact) mass is 493 g/mol.